The predicted molar refractivity (Wildman–Crippen MR) is 161 cm³/mol. The lowest BCUT2D eigenvalue weighted by Crippen LogP contribution is -2.55. The summed E-state index contributed by atoms with van der Waals surface area (Å²) in [6.45, 7) is 3.27. The molecule has 0 aromatic carbocycles. The molecule has 2 aromatic rings. The molecule has 2 saturated heterocycles. The molecule has 4 heterocycles. The maximum absolute atomic E-state index is 13.2. The molecule has 2 atom stereocenters. The normalized spacial score (nSPS) is 20.0. The Hall–Kier alpha value is -2.41. The highest BCUT2D eigenvalue weighted by molar-refractivity contribution is 7.92. The van der Waals surface area contributed by atoms with E-state index in [4.69, 9.17) is 11.6 Å². The summed E-state index contributed by atoms with van der Waals surface area (Å²) in [6, 6.07) is 1.91. The summed E-state index contributed by atoms with van der Waals surface area (Å²) < 4.78 is 56.5. The predicted octanol–water partition coefficient (Wildman–Crippen LogP) is 1.98. The first kappa shape index (κ1) is 32.5. The van der Waals surface area contributed by atoms with E-state index in [-0.39, 0.29) is 39.9 Å². The van der Waals surface area contributed by atoms with E-state index in [0.717, 1.165) is 16.7 Å². The van der Waals surface area contributed by atoms with Crippen LogP contribution in [0, 0.1) is 6.92 Å². The van der Waals surface area contributed by atoms with Gasteiger partial charge in [-0.05, 0) is 50.8 Å². The van der Waals surface area contributed by atoms with Gasteiger partial charge in [0.05, 0.1) is 16.6 Å². The Morgan fingerprint density at radius 2 is 1.88 bits per heavy atom. The standard InChI is InChI=1S/C24H31ClN6O7S4/c1-15-23(40-24(27-15)28-16(2)32)42(37,38)26-13-17-5-3-11-31(17)21(33)14-30-10-4-6-19(22(30)34)29-41(35,36)12-9-18-7-8-20(25)39-18/h7-9,12,17,19,26,29H,3-6,10-11,13-14H2,1-2H3,(H,27,28,32)/b12-9+/t17-,19+/m1/s1. The number of piperidine rings is 1. The van der Waals surface area contributed by atoms with Gasteiger partial charge in [-0.2, -0.15) is 4.72 Å². The van der Waals surface area contributed by atoms with Crippen molar-refractivity contribution in [3.05, 3.63) is 32.4 Å². The van der Waals surface area contributed by atoms with Crippen molar-refractivity contribution in [3.63, 3.8) is 0 Å². The zero-order valence-corrected chi connectivity index (χ0v) is 26.9. The van der Waals surface area contributed by atoms with Crippen LogP contribution in [0.4, 0.5) is 5.13 Å². The molecule has 0 unspecified atom stereocenters. The number of likely N-dealkylation sites (tertiary alicyclic amines) is 2. The van der Waals surface area contributed by atoms with Crippen LogP contribution in [0.5, 0.6) is 0 Å². The summed E-state index contributed by atoms with van der Waals surface area (Å²) in [4.78, 5) is 45.2. The van der Waals surface area contributed by atoms with Crippen molar-refractivity contribution in [1.82, 2.24) is 24.2 Å². The summed E-state index contributed by atoms with van der Waals surface area (Å²) in [5, 5.41) is 3.63. The first-order valence-electron chi connectivity index (χ1n) is 13.0. The maximum atomic E-state index is 13.2. The van der Waals surface area contributed by atoms with Crippen LogP contribution in [0.2, 0.25) is 4.34 Å². The van der Waals surface area contributed by atoms with Gasteiger partial charge in [-0.3, -0.25) is 14.4 Å². The molecular formula is C24H31ClN6O7S4. The lowest BCUT2D eigenvalue weighted by Gasteiger charge is -2.34. The van der Waals surface area contributed by atoms with E-state index in [2.05, 4.69) is 19.7 Å². The molecule has 3 amide bonds. The fraction of sp³-hybridized carbons (Fsp3) is 0.500. The van der Waals surface area contributed by atoms with Crippen LogP contribution in [0.25, 0.3) is 6.08 Å². The van der Waals surface area contributed by atoms with Gasteiger partial charge in [-0.25, -0.2) is 26.5 Å². The number of aryl methyl sites for hydroxylation is 1. The number of carbonyl (C=O) groups is 3. The number of aromatic nitrogens is 1. The van der Waals surface area contributed by atoms with Gasteiger partial charge in [0.25, 0.3) is 10.0 Å². The van der Waals surface area contributed by atoms with Crippen LogP contribution in [0.15, 0.2) is 21.7 Å². The molecule has 42 heavy (non-hydrogen) atoms. The molecule has 2 aromatic heterocycles. The third-order valence-corrected chi connectivity index (χ3v) is 12.1. The number of amides is 3. The van der Waals surface area contributed by atoms with Crippen LogP contribution < -0.4 is 14.8 Å². The Labute approximate surface area is 257 Å². The summed E-state index contributed by atoms with van der Waals surface area (Å²) in [5.41, 5.74) is 0.246. The number of rotatable bonds is 11. The van der Waals surface area contributed by atoms with Crippen LogP contribution in [-0.2, 0) is 34.4 Å². The van der Waals surface area contributed by atoms with Crippen LogP contribution in [0.3, 0.4) is 0 Å². The second kappa shape index (κ2) is 13.5. The molecule has 13 nitrogen and oxygen atoms in total. The Bertz CT molecular complexity index is 1590. The summed E-state index contributed by atoms with van der Waals surface area (Å²) in [6.07, 6.45) is 3.45. The molecule has 0 saturated carbocycles. The quantitative estimate of drug-likeness (QED) is 0.323. The molecule has 0 radical (unpaired) electrons. The average molecular weight is 679 g/mol. The number of thiazole rings is 1. The van der Waals surface area contributed by atoms with Gasteiger partial charge in [0, 0.05) is 42.9 Å². The second-order valence-corrected chi connectivity index (χ2v) is 16.2. The highest BCUT2D eigenvalue weighted by Crippen LogP contribution is 2.28. The number of hydrogen-bond donors (Lipinski definition) is 3. The number of nitrogens with zero attached hydrogens (tertiary/aromatic N) is 3. The van der Waals surface area contributed by atoms with E-state index in [9.17, 15) is 31.2 Å². The number of thiophene rings is 1. The van der Waals surface area contributed by atoms with Gasteiger partial charge in [0.1, 0.15) is 6.04 Å². The first-order valence-corrected chi connectivity index (χ1v) is 18.1. The number of nitrogens with one attached hydrogen (secondary N) is 3. The number of sulfonamides is 2. The third-order valence-electron chi connectivity index (χ3n) is 6.66. The van der Waals surface area contributed by atoms with Crippen molar-refractivity contribution in [2.75, 3.05) is 31.5 Å². The second-order valence-electron chi connectivity index (χ2n) is 9.87. The Balaban J connectivity index is 1.34. The molecule has 0 bridgehead atoms. The maximum Gasteiger partial charge on any atom is 0.252 e. The smallest absolute Gasteiger partial charge is 0.252 e. The number of hydrogen-bond acceptors (Lipinski definition) is 10. The minimum Gasteiger partial charge on any atom is -0.337 e. The summed E-state index contributed by atoms with van der Waals surface area (Å²) in [7, 11) is -7.88. The summed E-state index contributed by atoms with van der Waals surface area (Å²) >= 11 is 7.93. The summed E-state index contributed by atoms with van der Waals surface area (Å²) in [5.74, 6) is -1.20. The molecule has 2 fully saturated rings. The molecule has 0 spiro atoms. The number of carbonyl (C=O) groups excluding carboxylic acids is 3. The van der Waals surface area contributed by atoms with Gasteiger partial charge < -0.3 is 15.1 Å². The van der Waals surface area contributed by atoms with E-state index in [1.54, 1.807) is 17.0 Å². The monoisotopic (exact) mass is 678 g/mol. The van der Waals surface area contributed by atoms with E-state index in [1.165, 1.54) is 36.2 Å². The number of anilines is 1. The molecule has 4 rings (SSSR count). The molecule has 18 heteroatoms. The van der Waals surface area contributed by atoms with Gasteiger partial charge in [0.2, 0.25) is 27.7 Å². The van der Waals surface area contributed by atoms with Crippen LogP contribution in [-0.4, -0.2) is 87.6 Å². The fourth-order valence-electron chi connectivity index (χ4n) is 4.76. The van der Waals surface area contributed by atoms with Crippen molar-refractivity contribution in [2.24, 2.45) is 0 Å². The highest BCUT2D eigenvalue weighted by atomic mass is 35.5. The third kappa shape index (κ3) is 8.36. The Morgan fingerprint density at radius 3 is 2.57 bits per heavy atom. The molecular weight excluding hydrogens is 648 g/mol. The van der Waals surface area contributed by atoms with E-state index >= 15 is 0 Å². The van der Waals surface area contributed by atoms with Crippen molar-refractivity contribution < 1.29 is 31.2 Å². The lowest BCUT2D eigenvalue weighted by molar-refractivity contribution is -0.143. The SMILES string of the molecule is CC(=O)Nc1nc(C)c(S(=O)(=O)NC[C@H]2CCCN2C(=O)CN2CCC[C@H](NS(=O)(=O)/C=C/c3ccc(Cl)s3)C2=O)s1. The van der Waals surface area contributed by atoms with E-state index < -0.39 is 38.0 Å². The zero-order valence-electron chi connectivity index (χ0n) is 22.8. The van der Waals surface area contributed by atoms with Crippen molar-refractivity contribution in [3.8, 4) is 0 Å². The first-order chi connectivity index (χ1) is 19.7. The molecule has 2 aliphatic heterocycles. The van der Waals surface area contributed by atoms with Crippen molar-refractivity contribution in [1.29, 1.82) is 0 Å². The van der Waals surface area contributed by atoms with E-state index in [1.807, 2.05) is 0 Å². The minimum absolute atomic E-state index is 0.0245. The van der Waals surface area contributed by atoms with Crippen LogP contribution in [0.1, 0.15) is 43.2 Å². The molecule has 2 aliphatic rings. The van der Waals surface area contributed by atoms with Gasteiger partial charge in [-0.15, -0.1) is 11.3 Å². The van der Waals surface area contributed by atoms with E-state index in [0.29, 0.717) is 48.0 Å². The van der Waals surface area contributed by atoms with Gasteiger partial charge in [-0.1, -0.05) is 22.9 Å². The average Bonchev–Trinajstić information content (AvgIpc) is 3.63. The van der Waals surface area contributed by atoms with Gasteiger partial charge in [0.15, 0.2) is 9.34 Å². The lowest BCUT2D eigenvalue weighted by atomic mass is 10.1. The van der Waals surface area contributed by atoms with Crippen LogP contribution >= 0.6 is 34.3 Å². The highest BCUT2D eigenvalue weighted by Gasteiger charge is 2.36. The zero-order chi connectivity index (χ0) is 30.7. The Morgan fingerprint density at radius 1 is 1.14 bits per heavy atom. The molecule has 0 aliphatic carbocycles. The minimum atomic E-state index is -3.95. The van der Waals surface area contributed by atoms with Crippen molar-refractivity contribution >= 4 is 83.3 Å². The topological polar surface area (TPSA) is 175 Å². The van der Waals surface area contributed by atoms with Crippen molar-refractivity contribution in [2.45, 2.75) is 55.8 Å². The largest absolute Gasteiger partial charge is 0.337 e. The number of halogens is 1. The fourth-order valence-corrected chi connectivity index (χ4v) is 9.40. The molecule has 3 N–H and O–H groups in total. The Kier molecular flexibility index (Phi) is 10.4. The van der Waals surface area contributed by atoms with Gasteiger partial charge >= 0.3 is 0 Å². The molecule has 230 valence electrons.